The Kier molecular flexibility index (Phi) is 3.71. The van der Waals surface area contributed by atoms with Crippen LogP contribution in [-0.4, -0.2) is 32.3 Å². The predicted octanol–water partition coefficient (Wildman–Crippen LogP) is 2.60. The first-order chi connectivity index (χ1) is 10.1. The van der Waals surface area contributed by atoms with Crippen molar-refractivity contribution in [3.05, 3.63) is 34.4 Å². The highest BCUT2D eigenvalue weighted by molar-refractivity contribution is 6.33. The molecule has 112 valence electrons. The van der Waals surface area contributed by atoms with Gasteiger partial charge in [0.25, 0.3) is 5.91 Å². The van der Waals surface area contributed by atoms with Gasteiger partial charge in [-0.05, 0) is 19.3 Å². The summed E-state index contributed by atoms with van der Waals surface area (Å²) in [6.07, 6.45) is 4.25. The Morgan fingerprint density at radius 3 is 3.00 bits per heavy atom. The zero-order valence-corrected chi connectivity index (χ0v) is 12.8. The van der Waals surface area contributed by atoms with E-state index in [4.69, 9.17) is 16.1 Å². The summed E-state index contributed by atoms with van der Waals surface area (Å²) >= 11 is 6.07. The van der Waals surface area contributed by atoms with Crippen LogP contribution >= 0.6 is 11.6 Å². The molecule has 3 rings (SSSR count). The number of hydrogen-bond acceptors (Lipinski definition) is 4. The Morgan fingerprint density at radius 1 is 1.57 bits per heavy atom. The molecular formula is C14H17ClN4O2. The molecule has 6 nitrogen and oxygen atoms in total. The van der Waals surface area contributed by atoms with Crippen LogP contribution in [0.15, 0.2) is 16.8 Å². The van der Waals surface area contributed by atoms with Crippen molar-refractivity contribution in [2.75, 3.05) is 6.54 Å². The van der Waals surface area contributed by atoms with E-state index in [1.54, 1.807) is 22.8 Å². The summed E-state index contributed by atoms with van der Waals surface area (Å²) in [7, 11) is 1.74. The number of likely N-dealkylation sites (tertiary alicyclic amines) is 1. The molecule has 2 aromatic rings. The van der Waals surface area contributed by atoms with Crippen molar-refractivity contribution in [2.24, 2.45) is 7.05 Å². The summed E-state index contributed by atoms with van der Waals surface area (Å²) in [5, 5.41) is 8.54. The molecule has 2 aromatic heterocycles. The maximum Gasteiger partial charge on any atom is 0.276 e. The lowest BCUT2D eigenvalue weighted by Gasteiger charge is -2.21. The Labute approximate surface area is 127 Å². The molecule has 0 spiro atoms. The Morgan fingerprint density at radius 2 is 2.38 bits per heavy atom. The molecule has 1 aliphatic heterocycles. The molecule has 0 saturated carbocycles. The van der Waals surface area contributed by atoms with Crippen LogP contribution in [0.25, 0.3) is 0 Å². The Bertz CT molecular complexity index is 664. The number of amides is 1. The van der Waals surface area contributed by atoms with Crippen molar-refractivity contribution < 1.29 is 9.32 Å². The largest absolute Gasteiger partial charge is 0.359 e. The summed E-state index contributed by atoms with van der Waals surface area (Å²) in [6.45, 7) is 2.70. The van der Waals surface area contributed by atoms with Gasteiger partial charge in [-0.3, -0.25) is 9.48 Å². The third kappa shape index (κ3) is 2.55. The van der Waals surface area contributed by atoms with Crippen molar-refractivity contribution in [1.29, 1.82) is 0 Å². The molecule has 1 amide bonds. The van der Waals surface area contributed by atoms with E-state index >= 15 is 0 Å². The fourth-order valence-corrected chi connectivity index (χ4v) is 2.96. The van der Waals surface area contributed by atoms with Crippen molar-refractivity contribution in [3.8, 4) is 0 Å². The molecule has 7 heteroatoms. The molecule has 1 aliphatic rings. The first kappa shape index (κ1) is 14.1. The van der Waals surface area contributed by atoms with E-state index in [0.29, 0.717) is 17.3 Å². The van der Waals surface area contributed by atoms with Crippen molar-refractivity contribution >= 4 is 17.5 Å². The first-order valence-electron chi connectivity index (χ1n) is 7.05. The number of halogens is 1. The second kappa shape index (κ2) is 5.52. The molecule has 21 heavy (non-hydrogen) atoms. The average Bonchev–Trinajstić information content (AvgIpc) is 3.15. The molecule has 1 atom stereocenters. The quantitative estimate of drug-likeness (QED) is 0.874. The van der Waals surface area contributed by atoms with Gasteiger partial charge in [-0.15, -0.1) is 0 Å². The molecule has 3 heterocycles. The van der Waals surface area contributed by atoms with E-state index in [1.165, 1.54) is 0 Å². The minimum atomic E-state index is -0.155. The van der Waals surface area contributed by atoms with E-state index in [2.05, 4.69) is 10.3 Å². The minimum absolute atomic E-state index is 0.0802. The SMILES string of the molecule is CCc1cc([C@H]2CCCN2C(=O)c2nn(C)cc2Cl)on1. The molecule has 0 radical (unpaired) electrons. The lowest BCUT2D eigenvalue weighted by molar-refractivity contribution is 0.0708. The van der Waals surface area contributed by atoms with E-state index < -0.39 is 0 Å². The van der Waals surface area contributed by atoms with Gasteiger partial charge < -0.3 is 9.42 Å². The summed E-state index contributed by atoms with van der Waals surface area (Å²) < 4.78 is 6.93. The molecule has 1 fully saturated rings. The van der Waals surface area contributed by atoms with Gasteiger partial charge in [0, 0.05) is 25.9 Å². The van der Waals surface area contributed by atoms with E-state index in [1.807, 2.05) is 13.0 Å². The first-order valence-corrected chi connectivity index (χ1v) is 7.43. The van der Waals surface area contributed by atoms with Crippen LogP contribution in [-0.2, 0) is 13.5 Å². The highest BCUT2D eigenvalue weighted by Crippen LogP contribution is 2.34. The van der Waals surface area contributed by atoms with Crippen LogP contribution in [0.2, 0.25) is 5.02 Å². The van der Waals surface area contributed by atoms with Crippen molar-refractivity contribution in [2.45, 2.75) is 32.2 Å². The maximum atomic E-state index is 12.6. The van der Waals surface area contributed by atoms with Gasteiger partial charge in [-0.2, -0.15) is 5.10 Å². The van der Waals surface area contributed by atoms with Crippen molar-refractivity contribution in [3.63, 3.8) is 0 Å². The monoisotopic (exact) mass is 308 g/mol. The Hall–Kier alpha value is -1.82. The van der Waals surface area contributed by atoms with Gasteiger partial charge in [0.2, 0.25) is 0 Å². The summed E-state index contributed by atoms with van der Waals surface area (Å²) in [5.74, 6) is 0.585. The highest BCUT2D eigenvalue weighted by Gasteiger charge is 2.35. The van der Waals surface area contributed by atoms with Crippen LogP contribution in [0.3, 0.4) is 0 Å². The van der Waals surface area contributed by atoms with Crippen LogP contribution < -0.4 is 0 Å². The second-order valence-corrected chi connectivity index (χ2v) is 5.64. The standard InChI is InChI=1S/C14H17ClN4O2/c1-3-9-7-12(21-17-9)11-5-4-6-19(11)14(20)13-10(15)8-18(2)16-13/h7-8,11H,3-6H2,1-2H3/t11-/m1/s1. The van der Waals surface area contributed by atoms with E-state index in [-0.39, 0.29) is 11.9 Å². The van der Waals surface area contributed by atoms with Crippen LogP contribution in [0.5, 0.6) is 0 Å². The number of carbonyl (C=O) groups excluding carboxylic acids is 1. The molecule has 1 saturated heterocycles. The smallest absolute Gasteiger partial charge is 0.276 e. The number of aryl methyl sites for hydroxylation is 2. The second-order valence-electron chi connectivity index (χ2n) is 5.23. The molecule has 0 aliphatic carbocycles. The summed E-state index contributed by atoms with van der Waals surface area (Å²) in [5.41, 5.74) is 1.20. The number of nitrogens with zero attached hydrogens (tertiary/aromatic N) is 4. The lowest BCUT2D eigenvalue weighted by atomic mass is 10.1. The van der Waals surface area contributed by atoms with Gasteiger partial charge in [-0.25, -0.2) is 0 Å². The maximum absolute atomic E-state index is 12.6. The molecule has 0 aromatic carbocycles. The van der Waals surface area contributed by atoms with Gasteiger partial charge in [0.05, 0.1) is 16.8 Å². The fourth-order valence-electron chi connectivity index (χ4n) is 2.70. The number of aromatic nitrogens is 3. The highest BCUT2D eigenvalue weighted by atomic mass is 35.5. The Balaban J connectivity index is 1.86. The van der Waals surface area contributed by atoms with Crippen LogP contribution in [0.4, 0.5) is 0 Å². The average molecular weight is 309 g/mol. The number of rotatable bonds is 3. The third-order valence-corrected chi connectivity index (χ3v) is 4.04. The fraction of sp³-hybridized carbons (Fsp3) is 0.500. The summed E-state index contributed by atoms with van der Waals surface area (Å²) in [4.78, 5) is 14.4. The molecule has 0 N–H and O–H groups in total. The lowest BCUT2D eigenvalue weighted by Crippen LogP contribution is -2.31. The zero-order valence-electron chi connectivity index (χ0n) is 12.0. The van der Waals surface area contributed by atoms with Crippen LogP contribution in [0.1, 0.15) is 47.7 Å². The third-order valence-electron chi connectivity index (χ3n) is 3.77. The van der Waals surface area contributed by atoms with Crippen LogP contribution in [0, 0.1) is 0 Å². The topological polar surface area (TPSA) is 64.2 Å². The van der Waals surface area contributed by atoms with Gasteiger partial charge >= 0.3 is 0 Å². The van der Waals surface area contributed by atoms with Gasteiger partial charge in [0.15, 0.2) is 11.5 Å². The van der Waals surface area contributed by atoms with E-state index in [0.717, 1.165) is 30.7 Å². The summed E-state index contributed by atoms with van der Waals surface area (Å²) in [6, 6.07) is 1.85. The van der Waals surface area contributed by atoms with Gasteiger partial charge in [-0.1, -0.05) is 23.7 Å². The normalized spacial score (nSPS) is 18.4. The number of hydrogen-bond donors (Lipinski definition) is 0. The molecular weight excluding hydrogens is 292 g/mol. The van der Waals surface area contributed by atoms with E-state index in [9.17, 15) is 4.79 Å². The zero-order chi connectivity index (χ0) is 15.0. The predicted molar refractivity (Wildman–Crippen MR) is 77.1 cm³/mol. The number of carbonyl (C=O) groups is 1. The molecule has 0 unspecified atom stereocenters. The van der Waals surface area contributed by atoms with Crippen molar-refractivity contribution in [1.82, 2.24) is 19.8 Å². The van der Waals surface area contributed by atoms with Gasteiger partial charge in [0.1, 0.15) is 0 Å². The minimum Gasteiger partial charge on any atom is -0.359 e. The molecule has 0 bridgehead atoms.